The largest absolute Gasteiger partial charge is 0.756 e. The van der Waals surface area contributed by atoms with Gasteiger partial charge in [0.1, 0.15) is 19.8 Å². The number of esters is 2. The second-order valence-corrected chi connectivity index (χ2v) is 16.4. The first kappa shape index (κ1) is 48.0. The van der Waals surface area contributed by atoms with Gasteiger partial charge in [-0.15, -0.1) is 0 Å². The standard InChI is InChI=1S/C39H78NO8P/c1-6-8-10-12-14-16-17-18-19-20-21-22-23-24-26-28-30-32-39(42)48-37(36-47-49(43,44)46-34-33-40(3,4)5)35-45-38(41)31-29-27-25-15-13-11-9-7-2/h37H,6-36H2,1-5H3. The van der Waals surface area contributed by atoms with E-state index in [1.54, 1.807) is 0 Å². The lowest BCUT2D eigenvalue weighted by Gasteiger charge is -2.28. The highest BCUT2D eigenvalue weighted by Gasteiger charge is 2.21. The maximum absolute atomic E-state index is 12.6. The second-order valence-electron chi connectivity index (χ2n) is 15.0. The van der Waals surface area contributed by atoms with E-state index >= 15 is 0 Å². The molecule has 0 fully saturated rings. The van der Waals surface area contributed by atoms with E-state index in [4.69, 9.17) is 18.5 Å². The van der Waals surface area contributed by atoms with Crippen molar-refractivity contribution in [1.82, 2.24) is 0 Å². The van der Waals surface area contributed by atoms with E-state index in [1.807, 2.05) is 21.1 Å². The van der Waals surface area contributed by atoms with E-state index in [1.165, 1.54) is 122 Å². The average Bonchev–Trinajstić information content (AvgIpc) is 3.04. The minimum atomic E-state index is -4.61. The van der Waals surface area contributed by atoms with Gasteiger partial charge in [0, 0.05) is 12.8 Å². The highest BCUT2D eigenvalue weighted by molar-refractivity contribution is 7.45. The maximum Gasteiger partial charge on any atom is 0.306 e. The van der Waals surface area contributed by atoms with Crippen LogP contribution in [0.15, 0.2) is 0 Å². The third kappa shape index (κ3) is 36.6. The zero-order valence-electron chi connectivity index (χ0n) is 32.7. The molecule has 0 saturated carbocycles. The van der Waals surface area contributed by atoms with Gasteiger partial charge in [0.25, 0.3) is 7.82 Å². The smallest absolute Gasteiger partial charge is 0.306 e. The molecule has 2 unspecified atom stereocenters. The number of rotatable bonds is 37. The van der Waals surface area contributed by atoms with E-state index in [9.17, 15) is 19.0 Å². The van der Waals surface area contributed by atoms with Crippen molar-refractivity contribution in [3.8, 4) is 0 Å². The summed E-state index contributed by atoms with van der Waals surface area (Å²) in [4.78, 5) is 37.3. The molecule has 0 rings (SSSR count). The third-order valence-electron chi connectivity index (χ3n) is 8.88. The number of ether oxygens (including phenoxy) is 2. The number of quaternary nitrogens is 1. The van der Waals surface area contributed by atoms with Crippen LogP contribution in [0.2, 0.25) is 0 Å². The molecule has 0 aliphatic heterocycles. The molecule has 0 saturated heterocycles. The Morgan fingerprint density at radius 1 is 0.551 bits per heavy atom. The van der Waals surface area contributed by atoms with Gasteiger partial charge in [0.2, 0.25) is 0 Å². The summed E-state index contributed by atoms with van der Waals surface area (Å²) in [7, 11) is 1.18. The number of nitrogens with zero attached hydrogens (tertiary/aromatic N) is 1. The fourth-order valence-electron chi connectivity index (χ4n) is 5.65. The van der Waals surface area contributed by atoms with Crippen LogP contribution in [0.5, 0.6) is 0 Å². The molecule has 0 heterocycles. The van der Waals surface area contributed by atoms with Crippen LogP contribution in [0, 0.1) is 0 Å². The quantitative estimate of drug-likeness (QED) is 0.0270. The van der Waals surface area contributed by atoms with Crippen LogP contribution >= 0.6 is 7.82 Å². The third-order valence-corrected chi connectivity index (χ3v) is 9.84. The number of phosphoric ester groups is 1. The van der Waals surface area contributed by atoms with Crippen LogP contribution in [0.3, 0.4) is 0 Å². The molecule has 0 radical (unpaired) electrons. The highest BCUT2D eigenvalue weighted by atomic mass is 31.2. The molecule has 10 heteroatoms. The molecule has 0 aromatic heterocycles. The van der Waals surface area contributed by atoms with Gasteiger partial charge < -0.3 is 27.9 Å². The summed E-state index contributed by atoms with van der Waals surface area (Å²) in [6.07, 6.45) is 29.9. The lowest BCUT2D eigenvalue weighted by atomic mass is 10.0. The summed E-state index contributed by atoms with van der Waals surface area (Å²) < 4.78 is 33.7. The number of carbonyl (C=O) groups is 2. The lowest BCUT2D eigenvalue weighted by Crippen LogP contribution is -2.37. The zero-order chi connectivity index (χ0) is 36.5. The van der Waals surface area contributed by atoms with Crippen LogP contribution in [0.1, 0.15) is 187 Å². The molecule has 0 aliphatic rings. The summed E-state index contributed by atoms with van der Waals surface area (Å²) in [6.45, 7) is 4.21. The van der Waals surface area contributed by atoms with E-state index in [0.717, 1.165) is 32.1 Å². The van der Waals surface area contributed by atoms with E-state index in [2.05, 4.69) is 13.8 Å². The summed E-state index contributed by atoms with van der Waals surface area (Å²) in [6, 6.07) is 0. The first-order chi connectivity index (χ1) is 23.5. The van der Waals surface area contributed by atoms with Gasteiger partial charge in [-0.2, -0.15) is 0 Å². The van der Waals surface area contributed by atoms with Crippen molar-refractivity contribution < 1.29 is 42.1 Å². The van der Waals surface area contributed by atoms with Gasteiger partial charge >= 0.3 is 11.9 Å². The minimum absolute atomic E-state index is 0.0262. The summed E-state index contributed by atoms with van der Waals surface area (Å²) in [5, 5.41) is 0. The Kier molecular flexibility index (Phi) is 32.2. The first-order valence-corrected chi connectivity index (χ1v) is 21.7. The normalized spacial score (nSPS) is 13.7. The molecule has 49 heavy (non-hydrogen) atoms. The number of hydrogen-bond acceptors (Lipinski definition) is 8. The Balaban J connectivity index is 4.29. The van der Waals surface area contributed by atoms with Crippen molar-refractivity contribution in [1.29, 1.82) is 0 Å². The van der Waals surface area contributed by atoms with Gasteiger partial charge in [-0.3, -0.25) is 14.2 Å². The topological polar surface area (TPSA) is 111 Å². The minimum Gasteiger partial charge on any atom is -0.756 e. The van der Waals surface area contributed by atoms with Crippen molar-refractivity contribution in [2.24, 2.45) is 0 Å². The molecule has 0 aromatic rings. The molecule has 2 atom stereocenters. The van der Waals surface area contributed by atoms with Crippen molar-refractivity contribution >= 4 is 19.8 Å². The first-order valence-electron chi connectivity index (χ1n) is 20.2. The van der Waals surface area contributed by atoms with Crippen LogP contribution in [-0.2, 0) is 32.7 Å². The van der Waals surface area contributed by atoms with Crippen LogP contribution < -0.4 is 4.89 Å². The Morgan fingerprint density at radius 3 is 1.31 bits per heavy atom. The van der Waals surface area contributed by atoms with E-state index < -0.39 is 26.5 Å². The van der Waals surface area contributed by atoms with Crippen LogP contribution in [-0.4, -0.2) is 70.0 Å². The van der Waals surface area contributed by atoms with Gasteiger partial charge in [0.15, 0.2) is 6.10 Å². The van der Waals surface area contributed by atoms with Crippen molar-refractivity contribution in [2.45, 2.75) is 193 Å². The molecule has 9 nitrogen and oxygen atoms in total. The number of phosphoric acid groups is 1. The monoisotopic (exact) mass is 720 g/mol. The second kappa shape index (κ2) is 32.9. The molecular weight excluding hydrogens is 641 g/mol. The fraction of sp³-hybridized carbons (Fsp3) is 0.949. The molecule has 0 spiro atoms. The molecule has 292 valence electrons. The van der Waals surface area contributed by atoms with Crippen molar-refractivity contribution in [3.05, 3.63) is 0 Å². The molecular formula is C39H78NO8P. The van der Waals surface area contributed by atoms with Crippen LogP contribution in [0.25, 0.3) is 0 Å². The molecule has 0 aromatic carbocycles. The van der Waals surface area contributed by atoms with Gasteiger partial charge in [0.05, 0.1) is 27.7 Å². The zero-order valence-corrected chi connectivity index (χ0v) is 33.6. The highest BCUT2D eigenvalue weighted by Crippen LogP contribution is 2.38. The summed E-state index contributed by atoms with van der Waals surface area (Å²) in [5.41, 5.74) is 0. The number of likely N-dealkylation sites (N-methyl/N-ethyl adjacent to an activating group) is 1. The van der Waals surface area contributed by atoms with Gasteiger partial charge in [-0.1, -0.05) is 162 Å². The number of unbranched alkanes of at least 4 members (excludes halogenated alkanes) is 23. The molecule has 0 aliphatic carbocycles. The van der Waals surface area contributed by atoms with Crippen LogP contribution in [0.4, 0.5) is 0 Å². The summed E-state index contributed by atoms with van der Waals surface area (Å²) in [5.74, 6) is -0.829. The predicted octanol–water partition coefficient (Wildman–Crippen LogP) is 10.2. The Labute approximate surface area is 302 Å². The Bertz CT molecular complexity index is 819. The Hall–Kier alpha value is -0.990. The van der Waals surface area contributed by atoms with E-state index in [-0.39, 0.29) is 32.0 Å². The maximum atomic E-state index is 12.6. The van der Waals surface area contributed by atoms with Crippen molar-refractivity contribution in [3.63, 3.8) is 0 Å². The number of carbonyl (C=O) groups excluding carboxylic acids is 2. The lowest BCUT2D eigenvalue weighted by molar-refractivity contribution is -0.870. The Morgan fingerprint density at radius 2 is 0.918 bits per heavy atom. The van der Waals surface area contributed by atoms with Crippen molar-refractivity contribution in [2.75, 3.05) is 47.5 Å². The summed E-state index contributed by atoms with van der Waals surface area (Å²) >= 11 is 0. The fourth-order valence-corrected chi connectivity index (χ4v) is 6.38. The molecule has 0 bridgehead atoms. The molecule has 0 N–H and O–H groups in total. The number of hydrogen-bond donors (Lipinski definition) is 0. The van der Waals surface area contributed by atoms with E-state index in [0.29, 0.717) is 17.4 Å². The average molecular weight is 720 g/mol. The molecule has 0 amide bonds. The SMILES string of the molecule is CCCCCCCCCCCCCCCCCCCC(=O)OC(COC(=O)CCCCCCCCCC)COP(=O)([O-])OCC[N+](C)(C)C. The van der Waals surface area contributed by atoms with Gasteiger partial charge in [-0.05, 0) is 12.8 Å². The predicted molar refractivity (Wildman–Crippen MR) is 199 cm³/mol. The van der Waals surface area contributed by atoms with Gasteiger partial charge in [-0.25, -0.2) is 0 Å².